The summed E-state index contributed by atoms with van der Waals surface area (Å²) in [5.74, 6) is 0.274. The molecule has 0 spiro atoms. The normalized spacial score (nSPS) is 20.7. The number of benzene rings is 1. The van der Waals surface area contributed by atoms with E-state index in [1.807, 2.05) is 23.1 Å². The molecule has 0 aliphatic carbocycles. The van der Waals surface area contributed by atoms with Crippen LogP contribution in [-0.2, 0) is 9.59 Å². The quantitative estimate of drug-likeness (QED) is 0.754. The van der Waals surface area contributed by atoms with Gasteiger partial charge in [-0.2, -0.15) is 0 Å². The Morgan fingerprint density at radius 3 is 2.54 bits per heavy atom. The summed E-state index contributed by atoms with van der Waals surface area (Å²) in [5, 5.41) is 6.20. The number of anilines is 1. The van der Waals surface area contributed by atoms with Crippen LogP contribution in [-0.4, -0.2) is 62.0 Å². The predicted octanol–water partition coefficient (Wildman–Crippen LogP) is 1.37. The number of hydrogen-bond donors (Lipinski definition) is 2. The van der Waals surface area contributed by atoms with Gasteiger partial charge in [0.2, 0.25) is 11.8 Å². The van der Waals surface area contributed by atoms with Gasteiger partial charge < -0.3 is 20.4 Å². The van der Waals surface area contributed by atoms with Crippen LogP contribution in [0.25, 0.3) is 0 Å². The monoisotopic (exact) mass is 358 g/mol. The zero-order valence-corrected chi connectivity index (χ0v) is 15.5. The van der Waals surface area contributed by atoms with Crippen LogP contribution in [0.1, 0.15) is 32.1 Å². The number of piperazine rings is 1. The maximum Gasteiger partial charge on any atom is 0.237 e. The lowest BCUT2D eigenvalue weighted by Gasteiger charge is -2.36. The highest BCUT2D eigenvalue weighted by atomic mass is 16.2. The molecule has 2 saturated heterocycles. The van der Waals surface area contributed by atoms with Crippen LogP contribution in [0.3, 0.4) is 0 Å². The third-order valence-electron chi connectivity index (χ3n) is 5.25. The number of carbonyl (C=O) groups excluding carboxylic acids is 2. The van der Waals surface area contributed by atoms with Gasteiger partial charge in [0.05, 0.1) is 6.04 Å². The van der Waals surface area contributed by atoms with Gasteiger partial charge in [-0.3, -0.25) is 9.59 Å². The lowest BCUT2D eigenvalue weighted by atomic mass is 10.0. The van der Waals surface area contributed by atoms with E-state index in [9.17, 15) is 9.59 Å². The minimum atomic E-state index is -0.0504. The fourth-order valence-corrected chi connectivity index (χ4v) is 3.66. The van der Waals surface area contributed by atoms with E-state index in [0.717, 1.165) is 52.0 Å². The summed E-state index contributed by atoms with van der Waals surface area (Å²) >= 11 is 0. The summed E-state index contributed by atoms with van der Waals surface area (Å²) in [7, 11) is 0. The van der Waals surface area contributed by atoms with Crippen molar-refractivity contribution in [2.75, 3.05) is 44.2 Å². The molecule has 2 aliphatic heterocycles. The second-order valence-electron chi connectivity index (χ2n) is 7.10. The van der Waals surface area contributed by atoms with Crippen LogP contribution in [0.15, 0.2) is 30.3 Å². The molecule has 0 unspecified atom stereocenters. The van der Waals surface area contributed by atoms with E-state index in [4.69, 9.17) is 0 Å². The van der Waals surface area contributed by atoms with Crippen molar-refractivity contribution in [2.24, 2.45) is 0 Å². The van der Waals surface area contributed by atoms with Gasteiger partial charge in [0.15, 0.2) is 0 Å². The summed E-state index contributed by atoms with van der Waals surface area (Å²) in [6, 6.07) is 10.3. The molecular weight excluding hydrogens is 328 g/mol. The summed E-state index contributed by atoms with van der Waals surface area (Å²) in [6.07, 6.45) is 4.38. The van der Waals surface area contributed by atoms with Crippen molar-refractivity contribution in [3.63, 3.8) is 0 Å². The molecule has 2 heterocycles. The van der Waals surface area contributed by atoms with Crippen LogP contribution in [0.5, 0.6) is 0 Å². The Morgan fingerprint density at radius 2 is 1.85 bits per heavy atom. The van der Waals surface area contributed by atoms with Crippen LogP contribution in [0, 0.1) is 0 Å². The van der Waals surface area contributed by atoms with Crippen molar-refractivity contribution in [2.45, 2.75) is 38.1 Å². The first kappa shape index (κ1) is 18.7. The fourth-order valence-electron chi connectivity index (χ4n) is 3.66. The number of rotatable bonds is 6. The number of amides is 2. The van der Waals surface area contributed by atoms with Crippen LogP contribution in [0.2, 0.25) is 0 Å². The first-order valence-corrected chi connectivity index (χ1v) is 9.83. The van der Waals surface area contributed by atoms with Gasteiger partial charge in [0.25, 0.3) is 0 Å². The molecule has 6 heteroatoms. The molecule has 1 aromatic carbocycles. The second kappa shape index (κ2) is 9.57. The van der Waals surface area contributed by atoms with Crippen molar-refractivity contribution in [3.05, 3.63) is 30.3 Å². The van der Waals surface area contributed by atoms with Gasteiger partial charge in [-0.25, -0.2) is 0 Å². The first-order valence-electron chi connectivity index (χ1n) is 9.83. The average molecular weight is 358 g/mol. The van der Waals surface area contributed by atoms with E-state index >= 15 is 0 Å². The third-order valence-corrected chi connectivity index (χ3v) is 5.25. The van der Waals surface area contributed by atoms with E-state index < -0.39 is 0 Å². The van der Waals surface area contributed by atoms with E-state index in [1.165, 1.54) is 5.69 Å². The zero-order chi connectivity index (χ0) is 18.2. The van der Waals surface area contributed by atoms with E-state index in [1.54, 1.807) is 0 Å². The maximum atomic E-state index is 12.4. The molecule has 0 saturated carbocycles. The molecule has 0 aromatic heterocycles. The van der Waals surface area contributed by atoms with E-state index in [2.05, 4.69) is 27.7 Å². The van der Waals surface area contributed by atoms with Crippen LogP contribution < -0.4 is 15.5 Å². The Balaban J connectivity index is 1.31. The third kappa shape index (κ3) is 5.21. The molecule has 1 aromatic rings. The summed E-state index contributed by atoms with van der Waals surface area (Å²) in [4.78, 5) is 28.7. The molecule has 0 radical (unpaired) electrons. The Bertz CT molecular complexity index is 579. The number of nitrogens with one attached hydrogen (secondary N) is 2. The van der Waals surface area contributed by atoms with Crippen molar-refractivity contribution in [1.82, 2.24) is 15.5 Å². The number of para-hydroxylation sites is 1. The average Bonchev–Trinajstić information content (AvgIpc) is 2.72. The number of carbonyl (C=O) groups is 2. The summed E-state index contributed by atoms with van der Waals surface area (Å²) in [5.41, 5.74) is 1.22. The maximum absolute atomic E-state index is 12.4. The molecule has 2 amide bonds. The largest absolute Gasteiger partial charge is 0.368 e. The molecule has 1 atom stereocenters. The zero-order valence-electron chi connectivity index (χ0n) is 15.5. The molecule has 2 N–H and O–H groups in total. The van der Waals surface area contributed by atoms with Gasteiger partial charge >= 0.3 is 0 Å². The Hall–Kier alpha value is -2.08. The van der Waals surface area contributed by atoms with E-state index in [-0.39, 0.29) is 17.9 Å². The topological polar surface area (TPSA) is 64.7 Å². The second-order valence-corrected chi connectivity index (χ2v) is 7.10. The van der Waals surface area contributed by atoms with Gasteiger partial charge in [-0.1, -0.05) is 24.6 Å². The Labute approximate surface area is 155 Å². The van der Waals surface area contributed by atoms with Crippen molar-refractivity contribution in [1.29, 1.82) is 0 Å². The molecule has 2 aliphatic rings. The smallest absolute Gasteiger partial charge is 0.237 e. The first-order chi connectivity index (χ1) is 12.7. The van der Waals surface area contributed by atoms with Gasteiger partial charge in [0, 0.05) is 44.8 Å². The molecular formula is C20H30N4O2. The predicted molar refractivity (Wildman–Crippen MR) is 103 cm³/mol. The fraction of sp³-hybridized carbons (Fsp3) is 0.600. The molecule has 6 nitrogen and oxygen atoms in total. The Morgan fingerprint density at radius 1 is 1.08 bits per heavy atom. The van der Waals surface area contributed by atoms with Crippen molar-refractivity contribution >= 4 is 17.5 Å². The van der Waals surface area contributed by atoms with Crippen molar-refractivity contribution in [3.8, 4) is 0 Å². The molecule has 26 heavy (non-hydrogen) atoms. The van der Waals surface area contributed by atoms with Crippen LogP contribution >= 0.6 is 0 Å². The molecule has 2 fully saturated rings. The number of hydrogen-bond acceptors (Lipinski definition) is 4. The lowest BCUT2D eigenvalue weighted by molar-refractivity contribution is -0.132. The molecule has 142 valence electrons. The minimum Gasteiger partial charge on any atom is -0.368 e. The number of nitrogens with zero attached hydrogens (tertiary/aromatic N) is 2. The molecule has 3 rings (SSSR count). The number of piperidine rings is 1. The van der Waals surface area contributed by atoms with Gasteiger partial charge in [-0.05, 0) is 37.9 Å². The Kier molecular flexibility index (Phi) is 6.89. The highest BCUT2D eigenvalue weighted by molar-refractivity contribution is 5.82. The van der Waals surface area contributed by atoms with Gasteiger partial charge in [0.1, 0.15) is 0 Å². The highest BCUT2D eigenvalue weighted by Crippen LogP contribution is 2.16. The van der Waals surface area contributed by atoms with Crippen LogP contribution in [0.4, 0.5) is 5.69 Å². The lowest BCUT2D eigenvalue weighted by Crippen LogP contribution is -2.49. The van der Waals surface area contributed by atoms with Gasteiger partial charge in [-0.15, -0.1) is 0 Å². The highest BCUT2D eigenvalue weighted by Gasteiger charge is 2.22. The standard InChI is InChI=1S/C20H30N4O2/c25-19(10-6-12-22-20(26)18-9-4-5-11-21-18)24-15-13-23(14-16-24)17-7-2-1-3-8-17/h1-3,7-8,18,21H,4-6,9-16H2,(H,22,26)/t18-/m1/s1. The molecule has 0 bridgehead atoms. The minimum absolute atomic E-state index is 0.0504. The summed E-state index contributed by atoms with van der Waals surface area (Å²) in [6.45, 7) is 4.79. The SMILES string of the molecule is O=C(NCCCC(=O)N1CCN(c2ccccc2)CC1)[C@H]1CCCCN1. The summed E-state index contributed by atoms with van der Waals surface area (Å²) < 4.78 is 0. The van der Waals surface area contributed by atoms with E-state index in [0.29, 0.717) is 19.4 Å². The van der Waals surface area contributed by atoms with Crippen molar-refractivity contribution < 1.29 is 9.59 Å².